The van der Waals surface area contributed by atoms with E-state index >= 15 is 0 Å². The molecule has 25 heavy (non-hydrogen) atoms. The molecule has 1 atom stereocenters. The van der Waals surface area contributed by atoms with Crippen LogP contribution in [0.5, 0.6) is 0 Å². The number of unbranched alkanes of at least 4 members (excludes halogenated alkanes) is 1. The molecule has 0 radical (unpaired) electrons. The Kier molecular flexibility index (Phi) is 5.11. The minimum Gasteiger partial charge on any atom is -0.342 e. The molecule has 1 aliphatic rings. The van der Waals surface area contributed by atoms with Gasteiger partial charge in [0.2, 0.25) is 5.91 Å². The Morgan fingerprint density at radius 3 is 2.48 bits per heavy atom. The van der Waals surface area contributed by atoms with Crippen molar-refractivity contribution in [3.05, 3.63) is 42.5 Å². The molecule has 3 rings (SSSR count). The van der Waals surface area contributed by atoms with Crippen molar-refractivity contribution in [1.29, 1.82) is 0 Å². The molecule has 2 heterocycles. The Balaban J connectivity index is 1.79. The Morgan fingerprint density at radius 1 is 1.16 bits per heavy atom. The number of carbonyl (C=O) groups is 2. The van der Waals surface area contributed by atoms with Crippen molar-refractivity contribution >= 4 is 11.8 Å². The summed E-state index contributed by atoms with van der Waals surface area (Å²) in [7, 11) is 1.80. The van der Waals surface area contributed by atoms with Crippen molar-refractivity contribution in [1.82, 2.24) is 24.6 Å². The van der Waals surface area contributed by atoms with E-state index in [4.69, 9.17) is 0 Å². The molecule has 1 aromatic heterocycles. The molecule has 0 spiro atoms. The summed E-state index contributed by atoms with van der Waals surface area (Å²) in [6.45, 7) is 3.24. The molecule has 0 aliphatic carbocycles. The predicted molar refractivity (Wildman–Crippen MR) is 93.3 cm³/mol. The number of hydrogen-bond acceptors (Lipinski definition) is 4. The van der Waals surface area contributed by atoms with Crippen molar-refractivity contribution in [2.24, 2.45) is 0 Å². The molecule has 0 saturated carbocycles. The summed E-state index contributed by atoms with van der Waals surface area (Å²) in [6, 6.07) is 6.93. The second kappa shape index (κ2) is 7.46. The van der Waals surface area contributed by atoms with E-state index in [-0.39, 0.29) is 17.9 Å². The molecule has 1 saturated heterocycles. The van der Waals surface area contributed by atoms with Crippen LogP contribution in [0.4, 0.5) is 0 Å². The summed E-state index contributed by atoms with van der Waals surface area (Å²) in [6.07, 6.45) is 5.86. The van der Waals surface area contributed by atoms with Crippen molar-refractivity contribution in [3.63, 3.8) is 0 Å². The van der Waals surface area contributed by atoms with Crippen LogP contribution < -0.4 is 0 Å². The summed E-state index contributed by atoms with van der Waals surface area (Å²) >= 11 is 0. The smallest absolute Gasteiger partial charge is 0.254 e. The fourth-order valence-electron chi connectivity index (χ4n) is 3.11. The van der Waals surface area contributed by atoms with E-state index in [1.165, 1.54) is 0 Å². The van der Waals surface area contributed by atoms with Gasteiger partial charge in [0.05, 0.1) is 0 Å². The van der Waals surface area contributed by atoms with Gasteiger partial charge < -0.3 is 9.80 Å². The molecule has 132 valence electrons. The van der Waals surface area contributed by atoms with Gasteiger partial charge in [-0.25, -0.2) is 0 Å². The van der Waals surface area contributed by atoms with Crippen LogP contribution in [0.15, 0.2) is 36.9 Å². The third-order valence-corrected chi connectivity index (χ3v) is 4.64. The average molecular weight is 341 g/mol. The summed E-state index contributed by atoms with van der Waals surface area (Å²) in [5.41, 5.74) is 1.48. The lowest BCUT2D eigenvalue weighted by molar-refractivity contribution is -0.138. The van der Waals surface area contributed by atoms with Crippen molar-refractivity contribution in [2.45, 2.75) is 32.2 Å². The minimum atomic E-state index is -0.358. The van der Waals surface area contributed by atoms with Gasteiger partial charge >= 0.3 is 0 Å². The molecule has 0 bridgehead atoms. The first-order valence-corrected chi connectivity index (χ1v) is 8.63. The zero-order chi connectivity index (χ0) is 17.8. The summed E-state index contributed by atoms with van der Waals surface area (Å²) in [5, 5.41) is 7.56. The number of likely N-dealkylation sites (N-methyl/N-ethyl adjacent to an activating group) is 1. The maximum Gasteiger partial charge on any atom is 0.254 e. The lowest BCUT2D eigenvalue weighted by Crippen LogP contribution is -2.57. The van der Waals surface area contributed by atoms with Crippen LogP contribution in [-0.4, -0.2) is 62.6 Å². The van der Waals surface area contributed by atoms with E-state index in [1.54, 1.807) is 46.2 Å². The number of aromatic nitrogens is 3. The standard InChI is InChI=1S/C18H23N5O2/c1-3-4-5-16-18(25)21(2)10-11-23(16)17(24)14-6-8-15(9-7-14)22-12-19-20-13-22/h6-9,12-13,16H,3-5,10-11H2,1-2H3/t16-/m1/s1. The zero-order valence-corrected chi connectivity index (χ0v) is 14.6. The molecular formula is C18H23N5O2. The number of piperazine rings is 1. The Labute approximate surface area is 147 Å². The van der Waals surface area contributed by atoms with Gasteiger partial charge in [0.1, 0.15) is 18.7 Å². The summed E-state index contributed by atoms with van der Waals surface area (Å²) < 4.78 is 1.78. The van der Waals surface area contributed by atoms with Crippen LogP contribution in [0, 0.1) is 0 Å². The molecular weight excluding hydrogens is 318 g/mol. The first-order chi connectivity index (χ1) is 12.1. The number of rotatable bonds is 5. The number of benzene rings is 1. The SMILES string of the molecule is CCCC[C@@H]1C(=O)N(C)CCN1C(=O)c1ccc(-n2cnnc2)cc1. The minimum absolute atomic E-state index is 0.0363. The van der Waals surface area contributed by atoms with Crippen LogP contribution in [0.25, 0.3) is 5.69 Å². The summed E-state index contributed by atoms with van der Waals surface area (Å²) in [5.74, 6) is -0.0491. The van der Waals surface area contributed by atoms with Gasteiger partial charge in [-0.3, -0.25) is 14.2 Å². The highest BCUT2D eigenvalue weighted by Gasteiger charge is 2.35. The molecule has 1 fully saturated rings. The van der Waals surface area contributed by atoms with Gasteiger partial charge in [-0.05, 0) is 30.7 Å². The van der Waals surface area contributed by atoms with Crippen LogP contribution in [0.2, 0.25) is 0 Å². The molecule has 7 nitrogen and oxygen atoms in total. The molecule has 1 aromatic carbocycles. The molecule has 2 aromatic rings. The van der Waals surface area contributed by atoms with E-state index in [0.717, 1.165) is 18.5 Å². The second-order valence-corrected chi connectivity index (χ2v) is 6.33. The Morgan fingerprint density at radius 2 is 1.84 bits per heavy atom. The Hall–Kier alpha value is -2.70. The van der Waals surface area contributed by atoms with Gasteiger partial charge in [-0.1, -0.05) is 19.8 Å². The highest BCUT2D eigenvalue weighted by molar-refractivity contribution is 5.98. The van der Waals surface area contributed by atoms with Crippen LogP contribution in [-0.2, 0) is 4.79 Å². The lowest BCUT2D eigenvalue weighted by Gasteiger charge is -2.39. The fourth-order valence-corrected chi connectivity index (χ4v) is 3.11. The first kappa shape index (κ1) is 17.1. The number of amides is 2. The van der Waals surface area contributed by atoms with Crippen molar-refractivity contribution in [3.8, 4) is 5.69 Å². The highest BCUT2D eigenvalue weighted by atomic mass is 16.2. The number of nitrogens with zero attached hydrogens (tertiary/aromatic N) is 5. The van der Waals surface area contributed by atoms with E-state index in [1.807, 2.05) is 12.1 Å². The van der Waals surface area contributed by atoms with Crippen LogP contribution in [0.1, 0.15) is 36.5 Å². The number of hydrogen-bond donors (Lipinski definition) is 0. The van der Waals surface area contributed by atoms with Gasteiger partial charge in [0.15, 0.2) is 0 Å². The largest absolute Gasteiger partial charge is 0.342 e. The third-order valence-electron chi connectivity index (χ3n) is 4.64. The molecule has 0 N–H and O–H groups in total. The van der Waals surface area contributed by atoms with Gasteiger partial charge in [0.25, 0.3) is 5.91 Å². The van der Waals surface area contributed by atoms with E-state index in [2.05, 4.69) is 17.1 Å². The van der Waals surface area contributed by atoms with Crippen LogP contribution in [0.3, 0.4) is 0 Å². The third kappa shape index (κ3) is 3.55. The van der Waals surface area contributed by atoms with Gasteiger partial charge in [-0.2, -0.15) is 0 Å². The number of carbonyl (C=O) groups excluding carboxylic acids is 2. The quantitative estimate of drug-likeness (QED) is 0.830. The fraction of sp³-hybridized carbons (Fsp3) is 0.444. The molecule has 0 unspecified atom stereocenters. The van der Waals surface area contributed by atoms with Gasteiger partial charge in [0, 0.05) is 31.4 Å². The molecule has 1 aliphatic heterocycles. The average Bonchev–Trinajstić information content (AvgIpc) is 3.17. The Bertz CT molecular complexity index is 726. The van der Waals surface area contributed by atoms with Crippen molar-refractivity contribution in [2.75, 3.05) is 20.1 Å². The summed E-state index contributed by atoms with van der Waals surface area (Å²) in [4.78, 5) is 28.9. The maximum atomic E-state index is 12.9. The van der Waals surface area contributed by atoms with Crippen LogP contribution >= 0.6 is 0 Å². The molecule has 7 heteroatoms. The molecule has 2 amide bonds. The highest BCUT2D eigenvalue weighted by Crippen LogP contribution is 2.20. The normalized spacial score (nSPS) is 17.8. The lowest BCUT2D eigenvalue weighted by atomic mass is 10.0. The van der Waals surface area contributed by atoms with Gasteiger partial charge in [-0.15, -0.1) is 10.2 Å². The topological polar surface area (TPSA) is 71.3 Å². The predicted octanol–water partition coefficient (Wildman–Crippen LogP) is 1.74. The maximum absolute atomic E-state index is 12.9. The zero-order valence-electron chi connectivity index (χ0n) is 14.6. The van der Waals surface area contributed by atoms with E-state index in [0.29, 0.717) is 25.1 Å². The first-order valence-electron chi connectivity index (χ1n) is 8.63. The van der Waals surface area contributed by atoms with E-state index in [9.17, 15) is 9.59 Å². The second-order valence-electron chi connectivity index (χ2n) is 6.33. The van der Waals surface area contributed by atoms with Crippen molar-refractivity contribution < 1.29 is 9.59 Å². The van der Waals surface area contributed by atoms with E-state index < -0.39 is 0 Å². The monoisotopic (exact) mass is 341 g/mol.